The highest BCUT2D eigenvalue weighted by molar-refractivity contribution is 7.85. The van der Waals surface area contributed by atoms with Crippen molar-refractivity contribution < 1.29 is 9.00 Å². The second-order valence-electron chi connectivity index (χ2n) is 8.57. The van der Waals surface area contributed by atoms with E-state index in [-0.39, 0.29) is 5.91 Å². The minimum absolute atomic E-state index is 0.0553. The van der Waals surface area contributed by atoms with Gasteiger partial charge in [-0.1, -0.05) is 55.5 Å². The number of para-hydroxylation sites is 1. The van der Waals surface area contributed by atoms with Crippen LogP contribution in [0, 0.1) is 5.92 Å². The van der Waals surface area contributed by atoms with E-state index >= 15 is 0 Å². The molecule has 2 heterocycles. The maximum atomic E-state index is 13.7. The van der Waals surface area contributed by atoms with Crippen LogP contribution in [-0.4, -0.2) is 44.6 Å². The third-order valence-electron chi connectivity index (χ3n) is 6.24. The van der Waals surface area contributed by atoms with Crippen molar-refractivity contribution in [2.24, 2.45) is 5.92 Å². The lowest BCUT2D eigenvalue weighted by atomic mass is 9.80. The summed E-state index contributed by atoms with van der Waals surface area (Å²) >= 11 is 0. The van der Waals surface area contributed by atoms with Crippen LogP contribution in [0.15, 0.2) is 54.6 Å². The van der Waals surface area contributed by atoms with E-state index in [9.17, 15) is 9.00 Å². The third-order valence-corrected chi connectivity index (χ3v) is 7.51. The number of amides is 1. The fourth-order valence-electron chi connectivity index (χ4n) is 4.73. The first-order valence-corrected chi connectivity index (χ1v) is 12.4. The van der Waals surface area contributed by atoms with Crippen LogP contribution in [-0.2, 0) is 17.2 Å². The lowest BCUT2D eigenvalue weighted by Gasteiger charge is -2.31. The van der Waals surface area contributed by atoms with Crippen molar-refractivity contribution in [1.82, 2.24) is 9.88 Å². The molecule has 1 aliphatic carbocycles. The molecular weight excluding hydrogens is 404 g/mol. The fraction of sp³-hybridized carbons (Fsp3) is 0.308. The molecule has 31 heavy (non-hydrogen) atoms. The Morgan fingerprint density at radius 3 is 2.52 bits per heavy atom. The average Bonchev–Trinajstić information content (AvgIpc) is 2.78. The van der Waals surface area contributed by atoms with E-state index in [1.54, 1.807) is 0 Å². The molecule has 0 N–H and O–H groups in total. The van der Waals surface area contributed by atoms with Gasteiger partial charge in [-0.3, -0.25) is 9.00 Å². The Morgan fingerprint density at radius 2 is 1.74 bits per heavy atom. The number of nitrogens with zero attached hydrogens (tertiary/aromatic N) is 2. The summed E-state index contributed by atoms with van der Waals surface area (Å²) in [7, 11) is -0.812. The molecule has 2 aliphatic rings. The van der Waals surface area contributed by atoms with Crippen LogP contribution < -0.4 is 0 Å². The molecule has 1 aromatic heterocycles. The van der Waals surface area contributed by atoms with Crippen molar-refractivity contribution in [3.8, 4) is 0 Å². The van der Waals surface area contributed by atoms with Gasteiger partial charge >= 0.3 is 0 Å². The van der Waals surface area contributed by atoms with Crippen LogP contribution in [0.4, 0.5) is 0 Å². The zero-order chi connectivity index (χ0) is 21.4. The maximum Gasteiger partial charge on any atom is 0.254 e. The third kappa shape index (κ3) is 3.94. The number of allylic oxidation sites excluding steroid dienone is 1. The van der Waals surface area contributed by atoms with Gasteiger partial charge in [0.05, 0.1) is 16.8 Å². The number of rotatable bonds is 2. The molecule has 0 bridgehead atoms. The minimum Gasteiger partial charge on any atom is -0.337 e. The van der Waals surface area contributed by atoms with E-state index in [2.05, 4.69) is 25.1 Å². The molecule has 0 spiro atoms. The molecule has 2 aromatic carbocycles. The summed E-state index contributed by atoms with van der Waals surface area (Å²) in [6.45, 7) is 3.35. The van der Waals surface area contributed by atoms with Crippen LogP contribution in [0.3, 0.4) is 0 Å². The molecule has 0 saturated carbocycles. The minimum atomic E-state index is -0.812. The number of hydrogen-bond donors (Lipinski definition) is 0. The molecule has 1 fully saturated rings. The quantitative estimate of drug-likeness (QED) is 0.599. The highest BCUT2D eigenvalue weighted by atomic mass is 32.2. The zero-order valence-corrected chi connectivity index (χ0v) is 18.5. The highest BCUT2D eigenvalue weighted by Gasteiger charge is 2.31. The van der Waals surface area contributed by atoms with Crippen molar-refractivity contribution in [2.75, 3.05) is 24.6 Å². The van der Waals surface area contributed by atoms with Gasteiger partial charge in [-0.15, -0.1) is 0 Å². The molecular formula is C26H26N2O2S. The van der Waals surface area contributed by atoms with Crippen molar-refractivity contribution in [3.63, 3.8) is 0 Å². The van der Waals surface area contributed by atoms with Gasteiger partial charge in [0.25, 0.3) is 5.91 Å². The Morgan fingerprint density at radius 1 is 1.03 bits per heavy atom. The summed E-state index contributed by atoms with van der Waals surface area (Å²) < 4.78 is 11.8. The van der Waals surface area contributed by atoms with Gasteiger partial charge in [0.15, 0.2) is 0 Å². The fourth-order valence-corrected chi connectivity index (χ4v) is 5.78. The summed E-state index contributed by atoms with van der Waals surface area (Å²) in [5.74, 6) is 1.62. The second-order valence-corrected chi connectivity index (χ2v) is 10.3. The van der Waals surface area contributed by atoms with Gasteiger partial charge in [-0.25, -0.2) is 4.98 Å². The summed E-state index contributed by atoms with van der Waals surface area (Å²) in [5, 5.41) is 0.922. The van der Waals surface area contributed by atoms with Crippen LogP contribution in [0.5, 0.6) is 0 Å². The number of carbonyl (C=O) groups is 1. The molecule has 1 atom stereocenters. The summed E-state index contributed by atoms with van der Waals surface area (Å²) in [4.78, 5) is 20.7. The van der Waals surface area contributed by atoms with Gasteiger partial charge < -0.3 is 4.90 Å². The average molecular weight is 431 g/mol. The van der Waals surface area contributed by atoms with E-state index in [1.165, 1.54) is 5.57 Å². The number of hydrogen-bond acceptors (Lipinski definition) is 3. The normalized spacial score (nSPS) is 20.7. The second kappa shape index (κ2) is 8.39. The van der Waals surface area contributed by atoms with Gasteiger partial charge in [0.2, 0.25) is 0 Å². The van der Waals surface area contributed by atoms with Crippen LogP contribution >= 0.6 is 0 Å². The molecule has 1 unspecified atom stereocenters. The molecule has 5 rings (SSSR count). The lowest BCUT2D eigenvalue weighted by molar-refractivity contribution is 0.0771. The van der Waals surface area contributed by atoms with E-state index in [0.717, 1.165) is 46.1 Å². The summed E-state index contributed by atoms with van der Waals surface area (Å²) in [5.41, 5.74) is 6.02. The first-order valence-electron chi connectivity index (χ1n) is 10.9. The van der Waals surface area contributed by atoms with Crippen molar-refractivity contribution in [2.45, 2.75) is 19.8 Å². The first kappa shape index (κ1) is 20.1. The predicted molar refractivity (Wildman–Crippen MR) is 127 cm³/mol. The molecule has 5 heteroatoms. The van der Waals surface area contributed by atoms with Gasteiger partial charge in [-0.2, -0.15) is 0 Å². The molecule has 3 aromatic rings. The van der Waals surface area contributed by atoms with E-state index < -0.39 is 10.8 Å². The number of benzene rings is 2. The molecule has 4 nitrogen and oxygen atoms in total. The monoisotopic (exact) mass is 430 g/mol. The molecule has 1 aliphatic heterocycles. The summed E-state index contributed by atoms with van der Waals surface area (Å²) in [6.07, 6.45) is 4.01. The molecule has 1 amide bonds. The highest BCUT2D eigenvalue weighted by Crippen LogP contribution is 2.39. The van der Waals surface area contributed by atoms with Crippen LogP contribution in [0.1, 0.15) is 40.5 Å². The van der Waals surface area contributed by atoms with Crippen LogP contribution in [0.25, 0.3) is 22.6 Å². The Hall–Kier alpha value is -2.79. The van der Waals surface area contributed by atoms with Crippen LogP contribution in [0.2, 0.25) is 0 Å². The smallest absolute Gasteiger partial charge is 0.254 e. The number of fused-ring (bicyclic) bond motifs is 2. The van der Waals surface area contributed by atoms with Gasteiger partial charge in [0, 0.05) is 40.8 Å². The van der Waals surface area contributed by atoms with E-state index in [1.807, 2.05) is 47.4 Å². The molecule has 0 radical (unpaired) electrons. The predicted octanol–water partition coefficient (Wildman–Crippen LogP) is 4.56. The zero-order valence-electron chi connectivity index (χ0n) is 17.7. The van der Waals surface area contributed by atoms with Crippen molar-refractivity contribution in [3.05, 3.63) is 77.0 Å². The standard InChI is InChI=1S/C26H26N2O2S/c1-18-15-20(17-19-7-3-2-4-8-19)25-22(16-18)24(21-9-5-6-10-23(21)27-25)26(29)28-11-13-31(30)14-12-28/h2-10,17-18H,11-16H2,1H3/b20-17-. The summed E-state index contributed by atoms with van der Waals surface area (Å²) in [6, 6.07) is 18.3. The van der Waals surface area contributed by atoms with Gasteiger partial charge in [0.1, 0.15) is 0 Å². The molecule has 1 saturated heterocycles. The number of pyridine rings is 1. The largest absolute Gasteiger partial charge is 0.337 e. The van der Waals surface area contributed by atoms with E-state index in [4.69, 9.17) is 4.98 Å². The topological polar surface area (TPSA) is 50.3 Å². The maximum absolute atomic E-state index is 13.7. The van der Waals surface area contributed by atoms with E-state index in [0.29, 0.717) is 30.5 Å². The Kier molecular flexibility index (Phi) is 5.45. The van der Waals surface area contributed by atoms with Crippen molar-refractivity contribution >= 4 is 39.3 Å². The Bertz CT molecular complexity index is 1190. The Labute approximate surface area is 185 Å². The Balaban J connectivity index is 1.69. The molecule has 158 valence electrons. The number of aromatic nitrogens is 1. The lowest BCUT2D eigenvalue weighted by Crippen LogP contribution is -2.42. The van der Waals surface area contributed by atoms with Gasteiger partial charge in [-0.05, 0) is 47.6 Å². The van der Waals surface area contributed by atoms with Crippen molar-refractivity contribution in [1.29, 1.82) is 0 Å². The number of carbonyl (C=O) groups excluding carboxylic acids is 1. The first-order chi connectivity index (χ1) is 15.1. The SMILES string of the molecule is CC1C/C(=C/c2ccccc2)c2nc3ccccc3c(C(=O)N3CCS(=O)CC3)c2C1.